The highest BCUT2D eigenvalue weighted by Gasteiger charge is 2.13. The lowest BCUT2D eigenvalue weighted by Crippen LogP contribution is -2.18. The molecule has 0 rings (SSSR count). The van der Waals surface area contributed by atoms with E-state index < -0.39 is 0 Å². The lowest BCUT2D eigenvalue weighted by atomic mass is 10.3. The molecule has 5 heteroatoms. The summed E-state index contributed by atoms with van der Waals surface area (Å²) in [5.41, 5.74) is -0.163. The maximum absolute atomic E-state index is 5.50. The molecule has 80 valence electrons. The summed E-state index contributed by atoms with van der Waals surface area (Å²) in [4.78, 5) is 0. The van der Waals surface area contributed by atoms with Gasteiger partial charge < -0.3 is 4.74 Å². The molecule has 0 aliphatic heterocycles. The Balaban J connectivity index is 3.58. The molecule has 0 amide bonds. The molecular formula is C8H18OS4. The van der Waals surface area contributed by atoms with Crippen molar-refractivity contribution in [1.29, 1.82) is 0 Å². The second-order valence-electron chi connectivity index (χ2n) is 3.21. The predicted octanol–water partition coefficient (Wildman–Crippen LogP) is 2.93. The van der Waals surface area contributed by atoms with E-state index in [1.807, 2.05) is 13.8 Å². The van der Waals surface area contributed by atoms with Crippen LogP contribution in [-0.4, -0.2) is 21.4 Å². The minimum Gasteiger partial charge on any atom is -0.354 e. The fraction of sp³-hybridized carbons (Fsp3) is 1.00. The molecule has 0 aromatic rings. The second-order valence-corrected chi connectivity index (χ2v) is 6.13. The maximum atomic E-state index is 5.50. The van der Waals surface area contributed by atoms with Gasteiger partial charge in [-0.15, -0.1) is 25.3 Å². The molecule has 0 spiro atoms. The SMILES string of the molecule is CC(S)CC(S)OC(S)CC(C)S. The van der Waals surface area contributed by atoms with E-state index in [9.17, 15) is 0 Å². The molecule has 0 saturated carbocycles. The third-order valence-electron chi connectivity index (χ3n) is 1.40. The average molecular weight is 258 g/mol. The van der Waals surface area contributed by atoms with Gasteiger partial charge in [-0.2, -0.15) is 25.3 Å². The zero-order chi connectivity index (χ0) is 10.4. The third kappa shape index (κ3) is 9.66. The van der Waals surface area contributed by atoms with Crippen LogP contribution >= 0.6 is 50.5 Å². The quantitative estimate of drug-likeness (QED) is 0.423. The van der Waals surface area contributed by atoms with E-state index in [4.69, 9.17) is 4.74 Å². The Kier molecular flexibility index (Phi) is 8.42. The van der Waals surface area contributed by atoms with E-state index in [-0.39, 0.29) is 10.9 Å². The van der Waals surface area contributed by atoms with E-state index >= 15 is 0 Å². The van der Waals surface area contributed by atoms with Gasteiger partial charge in [0.2, 0.25) is 0 Å². The third-order valence-corrected chi connectivity index (χ3v) is 2.49. The van der Waals surface area contributed by atoms with Gasteiger partial charge in [-0.1, -0.05) is 13.8 Å². The molecule has 0 aromatic carbocycles. The van der Waals surface area contributed by atoms with Crippen molar-refractivity contribution in [2.75, 3.05) is 0 Å². The number of hydrogen-bond acceptors (Lipinski definition) is 5. The highest BCUT2D eigenvalue weighted by Crippen LogP contribution is 2.18. The molecular weight excluding hydrogens is 240 g/mol. The van der Waals surface area contributed by atoms with Crippen LogP contribution in [0.3, 0.4) is 0 Å². The molecule has 0 aliphatic rings. The number of ether oxygens (including phenoxy) is 1. The van der Waals surface area contributed by atoms with Crippen LogP contribution in [0.2, 0.25) is 0 Å². The van der Waals surface area contributed by atoms with Crippen LogP contribution < -0.4 is 0 Å². The molecule has 0 radical (unpaired) electrons. The Labute approximate surface area is 103 Å². The largest absolute Gasteiger partial charge is 0.354 e. The fourth-order valence-corrected chi connectivity index (χ4v) is 2.61. The molecule has 0 saturated heterocycles. The minimum absolute atomic E-state index is 0.0814. The van der Waals surface area contributed by atoms with Gasteiger partial charge in [0.05, 0.1) is 0 Å². The molecule has 13 heavy (non-hydrogen) atoms. The Morgan fingerprint density at radius 2 is 1.15 bits per heavy atom. The van der Waals surface area contributed by atoms with Gasteiger partial charge in [0.1, 0.15) is 10.9 Å². The fourth-order valence-electron chi connectivity index (χ4n) is 0.876. The molecule has 1 nitrogen and oxygen atoms in total. The van der Waals surface area contributed by atoms with Crippen LogP contribution in [-0.2, 0) is 4.74 Å². The predicted molar refractivity (Wildman–Crippen MR) is 72.8 cm³/mol. The Bertz CT molecular complexity index is 115. The monoisotopic (exact) mass is 258 g/mol. The van der Waals surface area contributed by atoms with Gasteiger partial charge in [0.25, 0.3) is 0 Å². The smallest absolute Gasteiger partial charge is 0.102 e. The second kappa shape index (κ2) is 7.63. The van der Waals surface area contributed by atoms with Crippen LogP contribution in [0, 0.1) is 0 Å². The zero-order valence-corrected chi connectivity index (χ0v) is 11.5. The lowest BCUT2D eigenvalue weighted by molar-refractivity contribution is 0.0852. The summed E-state index contributed by atoms with van der Waals surface area (Å²) >= 11 is 17.1. The zero-order valence-electron chi connectivity index (χ0n) is 7.92. The normalized spacial score (nSPS) is 20.8. The molecule has 4 unspecified atom stereocenters. The van der Waals surface area contributed by atoms with Gasteiger partial charge in [-0.05, 0) is 12.8 Å². The Morgan fingerprint density at radius 3 is 1.38 bits per heavy atom. The summed E-state index contributed by atoms with van der Waals surface area (Å²) in [5.74, 6) is 0. The van der Waals surface area contributed by atoms with Crippen molar-refractivity contribution in [3.63, 3.8) is 0 Å². The van der Waals surface area contributed by atoms with Crippen LogP contribution in [0.4, 0.5) is 0 Å². The van der Waals surface area contributed by atoms with Crippen LogP contribution in [0.25, 0.3) is 0 Å². The molecule has 4 atom stereocenters. The van der Waals surface area contributed by atoms with E-state index in [0.717, 1.165) is 12.8 Å². The van der Waals surface area contributed by atoms with Crippen molar-refractivity contribution in [3.8, 4) is 0 Å². The van der Waals surface area contributed by atoms with Gasteiger partial charge in [0.15, 0.2) is 0 Å². The Hall–Kier alpha value is 1.36. The van der Waals surface area contributed by atoms with E-state index in [0.29, 0.717) is 10.5 Å². The van der Waals surface area contributed by atoms with Gasteiger partial charge >= 0.3 is 0 Å². The molecule has 0 aliphatic carbocycles. The van der Waals surface area contributed by atoms with E-state index in [2.05, 4.69) is 50.5 Å². The highest BCUT2D eigenvalue weighted by molar-refractivity contribution is 7.82. The molecule has 0 bridgehead atoms. The number of rotatable bonds is 6. The molecule has 0 aromatic heterocycles. The topological polar surface area (TPSA) is 9.23 Å². The molecule has 0 N–H and O–H groups in total. The standard InChI is InChI=1S/C8H18OS4/c1-5(10)3-7(12)9-8(13)4-6(2)11/h5-8,10-13H,3-4H2,1-2H3. The summed E-state index contributed by atoms with van der Waals surface area (Å²) in [6.45, 7) is 4.04. The molecule has 0 fully saturated rings. The summed E-state index contributed by atoms with van der Waals surface area (Å²) in [5, 5.41) is 0.605. The summed E-state index contributed by atoms with van der Waals surface area (Å²) in [6, 6.07) is 0. The van der Waals surface area contributed by atoms with Gasteiger partial charge in [-0.3, -0.25) is 0 Å². The summed E-state index contributed by atoms with van der Waals surface area (Å²) < 4.78 is 5.50. The van der Waals surface area contributed by atoms with E-state index in [1.165, 1.54) is 0 Å². The molecule has 0 heterocycles. The average Bonchev–Trinajstić information content (AvgIpc) is 1.80. The van der Waals surface area contributed by atoms with Crippen LogP contribution in [0.15, 0.2) is 0 Å². The number of thiol groups is 4. The van der Waals surface area contributed by atoms with E-state index in [1.54, 1.807) is 0 Å². The minimum atomic E-state index is -0.0814. The maximum Gasteiger partial charge on any atom is 0.102 e. The van der Waals surface area contributed by atoms with Crippen LogP contribution in [0.1, 0.15) is 26.7 Å². The van der Waals surface area contributed by atoms with Crippen molar-refractivity contribution in [3.05, 3.63) is 0 Å². The Morgan fingerprint density at radius 1 is 0.846 bits per heavy atom. The van der Waals surface area contributed by atoms with Crippen molar-refractivity contribution in [2.45, 2.75) is 48.1 Å². The van der Waals surface area contributed by atoms with Crippen molar-refractivity contribution in [1.82, 2.24) is 0 Å². The summed E-state index contributed by atoms with van der Waals surface area (Å²) in [6.07, 6.45) is 1.65. The van der Waals surface area contributed by atoms with Crippen molar-refractivity contribution in [2.24, 2.45) is 0 Å². The summed E-state index contributed by atoms with van der Waals surface area (Å²) in [7, 11) is 0. The van der Waals surface area contributed by atoms with Crippen LogP contribution in [0.5, 0.6) is 0 Å². The first-order valence-electron chi connectivity index (χ1n) is 4.29. The van der Waals surface area contributed by atoms with Gasteiger partial charge in [0, 0.05) is 10.5 Å². The highest BCUT2D eigenvalue weighted by atomic mass is 32.1. The van der Waals surface area contributed by atoms with Crippen molar-refractivity contribution >= 4 is 50.5 Å². The first kappa shape index (κ1) is 14.4. The van der Waals surface area contributed by atoms with Gasteiger partial charge in [-0.25, -0.2) is 0 Å². The number of hydrogen-bond donors (Lipinski definition) is 4. The first-order chi connectivity index (χ1) is 5.91. The first-order valence-corrected chi connectivity index (χ1v) is 6.36. The van der Waals surface area contributed by atoms with Crippen molar-refractivity contribution < 1.29 is 4.74 Å². The lowest BCUT2D eigenvalue weighted by Gasteiger charge is -2.19.